The Morgan fingerprint density at radius 1 is 1.44 bits per heavy atom. The van der Waals surface area contributed by atoms with E-state index >= 15 is 0 Å². The second kappa shape index (κ2) is 4.78. The van der Waals surface area contributed by atoms with E-state index in [0.29, 0.717) is 13.0 Å². The standard InChI is InChI=1S/C10H17N3O2S/c1-13(2)7(14)3-6-12-9(15)10(4-5-10)8(11)16/h3-6H2,1-2H3,(H2,11,16)(H,12,15). The van der Waals surface area contributed by atoms with Gasteiger partial charge in [0.25, 0.3) is 0 Å². The third kappa shape index (κ3) is 2.69. The summed E-state index contributed by atoms with van der Waals surface area (Å²) >= 11 is 4.86. The quantitative estimate of drug-likeness (QED) is 0.647. The molecule has 0 unspecified atom stereocenters. The molecular weight excluding hydrogens is 226 g/mol. The van der Waals surface area contributed by atoms with Crippen LogP contribution < -0.4 is 11.1 Å². The second-order valence-corrected chi connectivity index (χ2v) is 4.68. The highest BCUT2D eigenvalue weighted by atomic mass is 32.1. The first-order chi connectivity index (χ1) is 7.40. The Bertz CT molecular complexity index is 324. The van der Waals surface area contributed by atoms with Crippen LogP contribution in [0.1, 0.15) is 19.3 Å². The van der Waals surface area contributed by atoms with Crippen LogP contribution in [0.25, 0.3) is 0 Å². The second-order valence-electron chi connectivity index (χ2n) is 4.24. The number of hydrogen-bond donors (Lipinski definition) is 2. The van der Waals surface area contributed by atoms with Crippen LogP contribution in [0, 0.1) is 5.41 Å². The first-order valence-corrected chi connectivity index (χ1v) is 5.59. The molecule has 5 nitrogen and oxygen atoms in total. The van der Waals surface area contributed by atoms with Crippen molar-refractivity contribution in [2.24, 2.45) is 11.1 Å². The summed E-state index contributed by atoms with van der Waals surface area (Å²) in [7, 11) is 3.36. The van der Waals surface area contributed by atoms with Gasteiger partial charge in [0.2, 0.25) is 11.8 Å². The van der Waals surface area contributed by atoms with Gasteiger partial charge < -0.3 is 16.0 Å². The topological polar surface area (TPSA) is 75.4 Å². The fourth-order valence-corrected chi connectivity index (χ4v) is 1.68. The number of hydrogen-bond acceptors (Lipinski definition) is 3. The van der Waals surface area contributed by atoms with Crippen LogP contribution in [0.2, 0.25) is 0 Å². The van der Waals surface area contributed by atoms with Crippen molar-refractivity contribution in [3.8, 4) is 0 Å². The monoisotopic (exact) mass is 243 g/mol. The molecule has 0 aliphatic heterocycles. The molecule has 1 aliphatic rings. The minimum atomic E-state index is -0.628. The number of nitrogens with one attached hydrogen (secondary N) is 1. The predicted octanol–water partition coefficient (Wildman–Crippen LogP) is -0.353. The Labute approximate surface area is 100 Å². The van der Waals surface area contributed by atoms with E-state index in [9.17, 15) is 9.59 Å². The fraction of sp³-hybridized carbons (Fsp3) is 0.700. The van der Waals surface area contributed by atoms with E-state index in [1.165, 1.54) is 4.90 Å². The number of nitrogens with two attached hydrogens (primary N) is 1. The minimum absolute atomic E-state index is 0.0135. The normalized spacial score (nSPS) is 16.4. The average Bonchev–Trinajstić information content (AvgIpc) is 2.97. The summed E-state index contributed by atoms with van der Waals surface area (Å²) in [5.41, 5.74) is 4.88. The fourth-order valence-electron chi connectivity index (χ4n) is 1.39. The highest BCUT2D eigenvalue weighted by Gasteiger charge is 2.52. The molecule has 1 saturated carbocycles. The Hall–Kier alpha value is -1.17. The van der Waals surface area contributed by atoms with E-state index in [4.69, 9.17) is 18.0 Å². The average molecular weight is 243 g/mol. The van der Waals surface area contributed by atoms with Crippen LogP contribution in [0.5, 0.6) is 0 Å². The molecule has 90 valence electrons. The maximum atomic E-state index is 11.7. The molecule has 0 aromatic heterocycles. The molecule has 6 heteroatoms. The lowest BCUT2D eigenvalue weighted by molar-refractivity contribution is -0.128. The third-order valence-corrected chi connectivity index (χ3v) is 3.17. The molecule has 1 fully saturated rings. The predicted molar refractivity (Wildman–Crippen MR) is 64.8 cm³/mol. The Morgan fingerprint density at radius 2 is 2.00 bits per heavy atom. The van der Waals surface area contributed by atoms with Crippen LogP contribution in [-0.4, -0.2) is 42.3 Å². The van der Waals surface area contributed by atoms with Gasteiger partial charge in [-0.3, -0.25) is 9.59 Å². The maximum Gasteiger partial charge on any atom is 0.233 e. The summed E-state index contributed by atoms with van der Waals surface area (Å²) in [5.74, 6) is -0.160. The molecule has 1 aliphatic carbocycles. The zero-order chi connectivity index (χ0) is 12.3. The molecule has 0 aromatic rings. The first kappa shape index (κ1) is 12.9. The van der Waals surface area contributed by atoms with E-state index in [1.54, 1.807) is 14.1 Å². The zero-order valence-corrected chi connectivity index (χ0v) is 10.4. The molecule has 1 rings (SSSR count). The molecule has 0 spiro atoms. The van der Waals surface area contributed by atoms with Gasteiger partial charge >= 0.3 is 0 Å². The van der Waals surface area contributed by atoms with E-state index in [1.807, 2.05) is 0 Å². The number of amides is 2. The SMILES string of the molecule is CN(C)C(=O)CCNC(=O)C1(C(N)=S)CC1. The molecular formula is C10H17N3O2S. The molecule has 0 saturated heterocycles. The lowest BCUT2D eigenvalue weighted by atomic mass is 10.1. The van der Waals surface area contributed by atoms with Gasteiger partial charge in [-0.15, -0.1) is 0 Å². The van der Waals surface area contributed by atoms with Crippen molar-refractivity contribution in [2.75, 3.05) is 20.6 Å². The van der Waals surface area contributed by atoms with Gasteiger partial charge in [0.1, 0.15) is 0 Å². The van der Waals surface area contributed by atoms with Gasteiger partial charge in [-0.05, 0) is 12.8 Å². The highest BCUT2D eigenvalue weighted by Crippen LogP contribution is 2.46. The number of carbonyl (C=O) groups excluding carboxylic acids is 2. The van der Waals surface area contributed by atoms with E-state index in [2.05, 4.69) is 5.32 Å². The lowest BCUT2D eigenvalue weighted by Crippen LogP contribution is -2.40. The van der Waals surface area contributed by atoms with Crippen LogP contribution in [0.3, 0.4) is 0 Å². The van der Waals surface area contributed by atoms with Crippen molar-refractivity contribution in [1.29, 1.82) is 0 Å². The maximum absolute atomic E-state index is 11.7. The van der Waals surface area contributed by atoms with E-state index < -0.39 is 5.41 Å². The van der Waals surface area contributed by atoms with Gasteiger partial charge in [-0.25, -0.2) is 0 Å². The third-order valence-electron chi connectivity index (χ3n) is 2.78. The van der Waals surface area contributed by atoms with Crippen molar-refractivity contribution >= 4 is 29.0 Å². The molecule has 0 atom stereocenters. The number of nitrogens with zero attached hydrogens (tertiary/aromatic N) is 1. The molecule has 16 heavy (non-hydrogen) atoms. The number of carbonyl (C=O) groups is 2. The van der Waals surface area contributed by atoms with Gasteiger partial charge in [0.05, 0.1) is 10.4 Å². The lowest BCUT2D eigenvalue weighted by Gasteiger charge is -2.14. The summed E-state index contributed by atoms with van der Waals surface area (Å²) < 4.78 is 0. The van der Waals surface area contributed by atoms with Crippen molar-refractivity contribution < 1.29 is 9.59 Å². The van der Waals surface area contributed by atoms with Crippen molar-refractivity contribution in [2.45, 2.75) is 19.3 Å². The summed E-state index contributed by atoms with van der Waals surface area (Å²) in [6, 6.07) is 0. The molecule has 0 bridgehead atoms. The smallest absolute Gasteiger partial charge is 0.233 e. The molecule has 0 aromatic carbocycles. The van der Waals surface area contributed by atoms with Gasteiger partial charge in [0.15, 0.2) is 0 Å². The van der Waals surface area contributed by atoms with Gasteiger partial charge in [0, 0.05) is 27.1 Å². The Morgan fingerprint density at radius 3 is 2.38 bits per heavy atom. The minimum Gasteiger partial charge on any atom is -0.392 e. The van der Waals surface area contributed by atoms with Crippen LogP contribution >= 0.6 is 12.2 Å². The number of rotatable bonds is 5. The van der Waals surface area contributed by atoms with Gasteiger partial charge in [-0.1, -0.05) is 12.2 Å². The van der Waals surface area contributed by atoms with Crippen molar-refractivity contribution in [1.82, 2.24) is 10.2 Å². The Balaban J connectivity index is 2.32. The summed E-state index contributed by atoms with van der Waals surface area (Å²) in [6.45, 7) is 0.334. The van der Waals surface area contributed by atoms with Crippen molar-refractivity contribution in [3.05, 3.63) is 0 Å². The number of thiocarbonyl (C=S) groups is 1. The van der Waals surface area contributed by atoms with E-state index in [0.717, 1.165) is 12.8 Å². The zero-order valence-electron chi connectivity index (χ0n) is 9.58. The first-order valence-electron chi connectivity index (χ1n) is 5.18. The summed E-state index contributed by atoms with van der Waals surface area (Å²) in [4.78, 5) is 24.7. The summed E-state index contributed by atoms with van der Waals surface area (Å²) in [6.07, 6.45) is 1.73. The molecule has 3 N–H and O–H groups in total. The molecule has 2 amide bonds. The van der Waals surface area contributed by atoms with Crippen LogP contribution in [0.4, 0.5) is 0 Å². The van der Waals surface area contributed by atoms with Gasteiger partial charge in [-0.2, -0.15) is 0 Å². The van der Waals surface area contributed by atoms with E-state index in [-0.39, 0.29) is 16.8 Å². The molecule has 0 radical (unpaired) electrons. The molecule has 0 heterocycles. The summed E-state index contributed by atoms with van der Waals surface area (Å²) in [5, 5.41) is 2.70. The van der Waals surface area contributed by atoms with Crippen molar-refractivity contribution in [3.63, 3.8) is 0 Å². The van der Waals surface area contributed by atoms with Crippen LogP contribution in [0.15, 0.2) is 0 Å². The largest absolute Gasteiger partial charge is 0.392 e. The Kier molecular flexibility index (Phi) is 3.85. The highest BCUT2D eigenvalue weighted by molar-refractivity contribution is 7.80. The van der Waals surface area contributed by atoms with Crippen LogP contribution in [-0.2, 0) is 9.59 Å².